The van der Waals surface area contributed by atoms with E-state index in [9.17, 15) is 0 Å². The summed E-state index contributed by atoms with van der Waals surface area (Å²) in [6.45, 7) is 7.37. The number of nitrogens with zero attached hydrogens (tertiary/aromatic N) is 2. The molecular weight excluding hydrogens is 222 g/mol. The first-order valence-electron chi connectivity index (χ1n) is 6.16. The largest absolute Gasteiger partial charge is 0.308 e. The molecule has 1 heterocycles. The fourth-order valence-corrected chi connectivity index (χ4v) is 1.59. The molecule has 0 spiro atoms. The average Bonchev–Trinajstić information content (AvgIpc) is 2.37. The van der Waals surface area contributed by atoms with Gasteiger partial charge in [0.1, 0.15) is 0 Å². The summed E-state index contributed by atoms with van der Waals surface area (Å²) in [5.74, 6) is 0.771. The van der Waals surface area contributed by atoms with E-state index in [0.717, 1.165) is 17.9 Å². The molecule has 0 aliphatic rings. The van der Waals surface area contributed by atoms with Gasteiger partial charge in [-0.1, -0.05) is 24.3 Å². The molecule has 1 aromatic heterocycles. The van der Waals surface area contributed by atoms with E-state index in [4.69, 9.17) is 0 Å². The van der Waals surface area contributed by atoms with Gasteiger partial charge in [-0.25, -0.2) is 9.97 Å². The molecule has 0 atom stereocenters. The van der Waals surface area contributed by atoms with Crippen molar-refractivity contribution >= 4 is 0 Å². The molecule has 2 rings (SSSR count). The van der Waals surface area contributed by atoms with Crippen molar-refractivity contribution in [3.63, 3.8) is 0 Å². The highest BCUT2D eigenvalue weighted by molar-refractivity contribution is 5.54. The van der Waals surface area contributed by atoms with Crippen molar-refractivity contribution in [2.24, 2.45) is 0 Å². The third-order valence-electron chi connectivity index (χ3n) is 2.60. The molecule has 0 aliphatic carbocycles. The lowest BCUT2D eigenvalue weighted by molar-refractivity contribution is 0.424. The van der Waals surface area contributed by atoms with Crippen LogP contribution >= 0.6 is 0 Å². The maximum absolute atomic E-state index is 4.24. The lowest BCUT2D eigenvalue weighted by Gasteiger charge is -2.20. The summed E-state index contributed by atoms with van der Waals surface area (Å²) in [6, 6.07) is 10.2. The smallest absolute Gasteiger partial charge is 0.159 e. The summed E-state index contributed by atoms with van der Waals surface area (Å²) in [7, 11) is 0. The highest BCUT2D eigenvalue weighted by Gasteiger charge is 2.08. The number of hydrogen-bond donors (Lipinski definition) is 1. The van der Waals surface area contributed by atoms with Crippen LogP contribution in [0.5, 0.6) is 0 Å². The van der Waals surface area contributed by atoms with E-state index in [2.05, 4.69) is 60.3 Å². The first-order valence-corrected chi connectivity index (χ1v) is 6.16. The summed E-state index contributed by atoms with van der Waals surface area (Å²) in [5, 5.41) is 3.47. The van der Waals surface area contributed by atoms with Gasteiger partial charge in [-0.15, -0.1) is 0 Å². The fourth-order valence-electron chi connectivity index (χ4n) is 1.59. The van der Waals surface area contributed by atoms with Gasteiger partial charge in [0.2, 0.25) is 0 Å². The van der Waals surface area contributed by atoms with E-state index in [1.807, 2.05) is 6.07 Å². The van der Waals surface area contributed by atoms with Crippen molar-refractivity contribution in [3.05, 3.63) is 48.3 Å². The zero-order valence-electron chi connectivity index (χ0n) is 11.1. The van der Waals surface area contributed by atoms with E-state index < -0.39 is 0 Å². The van der Waals surface area contributed by atoms with Gasteiger partial charge < -0.3 is 5.32 Å². The molecular formula is C15H19N3. The lowest BCUT2D eigenvalue weighted by atomic mass is 10.1. The monoisotopic (exact) mass is 241 g/mol. The molecule has 1 N–H and O–H groups in total. The summed E-state index contributed by atoms with van der Waals surface area (Å²) in [6.07, 6.45) is 3.52. The van der Waals surface area contributed by atoms with Gasteiger partial charge in [0, 0.05) is 30.0 Å². The van der Waals surface area contributed by atoms with Crippen molar-refractivity contribution < 1.29 is 0 Å². The molecule has 0 aliphatic heterocycles. The van der Waals surface area contributed by atoms with Gasteiger partial charge >= 0.3 is 0 Å². The van der Waals surface area contributed by atoms with Crippen molar-refractivity contribution in [1.82, 2.24) is 15.3 Å². The molecule has 1 aromatic carbocycles. The van der Waals surface area contributed by atoms with Gasteiger partial charge in [-0.3, -0.25) is 0 Å². The Bertz CT molecular complexity index is 483. The highest BCUT2D eigenvalue weighted by atomic mass is 14.9. The van der Waals surface area contributed by atoms with Crippen LogP contribution < -0.4 is 5.32 Å². The minimum Gasteiger partial charge on any atom is -0.308 e. The fraction of sp³-hybridized carbons (Fsp3) is 0.333. The predicted molar refractivity (Wildman–Crippen MR) is 74.1 cm³/mol. The molecule has 3 nitrogen and oxygen atoms in total. The maximum atomic E-state index is 4.24. The molecule has 0 fully saturated rings. The van der Waals surface area contributed by atoms with Gasteiger partial charge in [0.25, 0.3) is 0 Å². The standard InChI is InChI=1S/C15H19N3/c1-15(2,3)18-11-12-5-7-13(8-6-12)14-16-9-4-10-17-14/h4-10,18H,11H2,1-3H3. The molecule has 0 saturated heterocycles. The number of benzene rings is 1. The lowest BCUT2D eigenvalue weighted by Crippen LogP contribution is -2.35. The van der Waals surface area contributed by atoms with Crippen LogP contribution in [0.15, 0.2) is 42.7 Å². The third kappa shape index (κ3) is 3.64. The molecule has 2 aromatic rings. The van der Waals surface area contributed by atoms with Crippen LogP contribution in [0, 0.1) is 0 Å². The molecule has 3 heteroatoms. The van der Waals surface area contributed by atoms with Crippen LogP contribution in [0.1, 0.15) is 26.3 Å². The Morgan fingerprint density at radius 3 is 2.17 bits per heavy atom. The van der Waals surface area contributed by atoms with Gasteiger partial charge in [0.05, 0.1) is 0 Å². The van der Waals surface area contributed by atoms with Crippen LogP contribution in [-0.4, -0.2) is 15.5 Å². The van der Waals surface area contributed by atoms with Crippen molar-refractivity contribution in [2.45, 2.75) is 32.9 Å². The zero-order valence-corrected chi connectivity index (χ0v) is 11.1. The van der Waals surface area contributed by atoms with E-state index >= 15 is 0 Å². The van der Waals surface area contributed by atoms with Crippen molar-refractivity contribution in [2.75, 3.05) is 0 Å². The van der Waals surface area contributed by atoms with Crippen LogP contribution in [0.3, 0.4) is 0 Å². The molecule has 0 saturated carbocycles. The zero-order chi connectivity index (χ0) is 13.0. The number of nitrogens with one attached hydrogen (secondary N) is 1. The quantitative estimate of drug-likeness (QED) is 0.897. The van der Waals surface area contributed by atoms with Crippen molar-refractivity contribution in [1.29, 1.82) is 0 Å². The summed E-state index contributed by atoms with van der Waals surface area (Å²) < 4.78 is 0. The van der Waals surface area contributed by atoms with Crippen LogP contribution in [0.4, 0.5) is 0 Å². The van der Waals surface area contributed by atoms with E-state index in [0.29, 0.717) is 0 Å². The Balaban J connectivity index is 2.07. The van der Waals surface area contributed by atoms with E-state index in [1.165, 1.54) is 5.56 Å². The molecule has 0 unspecified atom stereocenters. The summed E-state index contributed by atoms with van der Waals surface area (Å²) >= 11 is 0. The second-order valence-corrected chi connectivity index (χ2v) is 5.37. The molecule has 18 heavy (non-hydrogen) atoms. The Kier molecular flexibility index (Phi) is 3.72. The average molecular weight is 241 g/mol. The highest BCUT2D eigenvalue weighted by Crippen LogP contribution is 2.15. The molecule has 0 radical (unpaired) electrons. The molecule has 0 amide bonds. The minimum absolute atomic E-state index is 0.140. The Labute approximate surface area is 108 Å². The first kappa shape index (κ1) is 12.7. The summed E-state index contributed by atoms with van der Waals surface area (Å²) in [5.41, 5.74) is 2.46. The number of rotatable bonds is 3. The van der Waals surface area contributed by atoms with E-state index in [1.54, 1.807) is 12.4 Å². The topological polar surface area (TPSA) is 37.8 Å². The second-order valence-electron chi connectivity index (χ2n) is 5.37. The van der Waals surface area contributed by atoms with Gasteiger partial charge in [0.15, 0.2) is 5.82 Å². The minimum atomic E-state index is 0.140. The van der Waals surface area contributed by atoms with Gasteiger partial charge in [-0.2, -0.15) is 0 Å². The van der Waals surface area contributed by atoms with E-state index in [-0.39, 0.29) is 5.54 Å². The number of aromatic nitrogens is 2. The van der Waals surface area contributed by atoms with Crippen LogP contribution in [0.2, 0.25) is 0 Å². The number of hydrogen-bond acceptors (Lipinski definition) is 3. The first-order chi connectivity index (χ1) is 8.54. The SMILES string of the molecule is CC(C)(C)NCc1ccc(-c2ncccn2)cc1. The van der Waals surface area contributed by atoms with Gasteiger partial charge in [-0.05, 0) is 32.4 Å². The predicted octanol–water partition coefficient (Wildman–Crippen LogP) is 3.03. The Morgan fingerprint density at radius 1 is 1.00 bits per heavy atom. The third-order valence-corrected chi connectivity index (χ3v) is 2.60. The van der Waals surface area contributed by atoms with Crippen LogP contribution in [-0.2, 0) is 6.54 Å². The Morgan fingerprint density at radius 2 is 1.61 bits per heavy atom. The van der Waals surface area contributed by atoms with Crippen LogP contribution in [0.25, 0.3) is 11.4 Å². The second kappa shape index (κ2) is 5.27. The van der Waals surface area contributed by atoms with Crippen molar-refractivity contribution in [3.8, 4) is 11.4 Å². The molecule has 0 bridgehead atoms. The summed E-state index contributed by atoms with van der Waals surface area (Å²) in [4.78, 5) is 8.47. The normalized spacial score (nSPS) is 11.5. The molecule has 94 valence electrons. The maximum Gasteiger partial charge on any atom is 0.159 e. The Hall–Kier alpha value is -1.74.